The highest BCUT2D eigenvalue weighted by molar-refractivity contribution is 9.11. The predicted molar refractivity (Wildman–Crippen MR) is 79.0 cm³/mol. The molecule has 0 saturated carbocycles. The van der Waals surface area contributed by atoms with Crippen molar-refractivity contribution in [1.29, 1.82) is 0 Å². The summed E-state index contributed by atoms with van der Waals surface area (Å²) in [6.07, 6.45) is 0. The van der Waals surface area contributed by atoms with Gasteiger partial charge in [0.2, 0.25) is 0 Å². The van der Waals surface area contributed by atoms with Crippen LogP contribution in [0.4, 0.5) is 0 Å². The molecule has 1 amide bonds. The Kier molecular flexibility index (Phi) is 4.19. The molecule has 2 nitrogen and oxygen atoms in total. The number of amides is 1. The van der Waals surface area contributed by atoms with Gasteiger partial charge in [0, 0.05) is 17.5 Å². The molecule has 0 bridgehead atoms. The highest BCUT2D eigenvalue weighted by atomic mass is 79.9. The number of rotatable bonds is 3. The van der Waals surface area contributed by atoms with Crippen molar-refractivity contribution in [2.45, 2.75) is 13.5 Å². The lowest BCUT2D eigenvalue weighted by molar-refractivity contribution is 0.0786. The molecule has 2 rings (SSSR count). The number of hydrogen-bond acceptors (Lipinski definition) is 2. The van der Waals surface area contributed by atoms with Gasteiger partial charge < -0.3 is 4.90 Å². The van der Waals surface area contributed by atoms with Crippen LogP contribution in [0.5, 0.6) is 0 Å². The predicted octanol–water partition coefficient (Wildman–Crippen LogP) is 4.09. The summed E-state index contributed by atoms with van der Waals surface area (Å²) >= 11 is 5.08. The van der Waals surface area contributed by atoms with E-state index in [9.17, 15) is 4.79 Å². The first-order valence-electron chi connectivity index (χ1n) is 5.62. The average Bonchev–Trinajstić information content (AvgIpc) is 2.73. The highest BCUT2D eigenvalue weighted by Crippen LogP contribution is 2.23. The molecule has 18 heavy (non-hydrogen) atoms. The van der Waals surface area contributed by atoms with E-state index in [2.05, 4.69) is 15.9 Å². The third-order valence-electron chi connectivity index (χ3n) is 2.63. The lowest BCUT2D eigenvalue weighted by atomic mass is 10.1. The summed E-state index contributed by atoms with van der Waals surface area (Å²) in [7, 11) is 1.83. The Bertz CT molecular complexity index is 564. The molecule has 0 aliphatic rings. The standard InChI is InChI=1S/C14H14BrNOS/c1-10-4-3-5-11(8-10)14(17)16(2)9-12-6-7-13(15)18-12/h3-8H,9H2,1-2H3. The van der Waals surface area contributed by atoms with Crippen LogP contribution in [0.15, 0.2) is 40.2 Å². The highest BCUT2D eigenvalue weighted by Gasteiger charge is 2.12. The smallest absolute Gasteiger partial charge is 0.253 e. The van der Waals surface area contributed by atoms with E-state index < -0.39 is 0 Å². The van der Waals surface area contributed by atoms with E-state index in [1.165, 1.54) is 4.88 Å². The average molecular weight is 324 g/mol. The number of aryl methyl sites for hydroxylation is 1. The molecule has 0 aliphatic carbocycles. The molecular weight excluding hydrogens is 310 g/mol. The molecule has 0 atom stereocenters. The van der Waals surface area contributed by atoms with Crippen molar-refractivity contribution in [3.8, 4) is 0 Å². The zero-order valence-electron chi connectivity index (χ0n) is 10.3. The van der Waals surface area contributed by atoms with Crippen LogP contribution in [0, 0.1) is 6.92 Å². The van der Waals surface area contributed by atoms with Crippen LogP contribution in [0.3, 0.4) is 0 Å². The third kappa shape index (κ3) is 3.21. The Morgan fingerprint density at radius 3 is 2.72 bits per heavy atom. The normalized spacial score (nSPS) is 10.4. The maximum absolute atomic E-state index is 12.2. The van der Waals surface area contributed by atoms with Crippen molar-refractivity contribution in [3.05, 3.63) is 56.2 Å². The Morgan fingerprint density at radius 1 is 1.33 bits per heavy atom. The number of thiophene rings is 1. The van der Waals surface area contributed by atoms with Gasteiger partial charge in [0.05, 0.1) is 10.3 Å². The number of carbonyl (C=O) groups excluding carboxylic acids is 1. The van der Waals surface area contributed by atoms with Gasteiger partial charge in [0.1, 0.15) is 0 Å². The van der Waals surface area contributed by atoms with Crippen LogP contribution in [-0.4, -0.2) is 17.9 Å². The molecule has 2 aromatic rings. The topological polar surface area (TPSA) is 20.3 Å². The monoisotopic (exact) mass is 323 g/mol. The second kappa shape index (κ2) is 5.67. The summed E-state index contributed by atoms with van der Waals surface area (Å²) in [6, 6.07) is 11.7. The van der Waals surface area contributed by atoms with E-state index in [0.29, 0.717) is 6.54 Å². The molecule has 1 aromatic heterocycles. The largest absolute Gasteiger partial charge is 0.337 e. The second-order valence-corrected chi connectivity index (χ2v) is 6.78. The Morgan fingerprint density at radius 2 is 2.11 bits per heavy atom. The molecule has 0 spiro atoms. The summed E-state index contributed by atoms with van der Waals surface area (Å²) in [5.41, 5.74) is 1.85. The lowest BCUT2D eigenvalue weighted by Gasteiger charge is -2.16. The van der Waals surface area contributed by atoms with E-state index in [0.717, 1.165) is 14.9 Å². The first-order chi connectivity index (χ1) is 8.56. The fourth-order valence-corrected chi connectivity index (χ4v) is 3.28. The molecule has 94 valence electrons. The van der Waals surface area contributed by atoms with Crippen molar-refractivity contribution >= 4 is 33.2 Å². The van der Waals surface area contributed by atoms with E-state index in [-0.39, 0.29) is 5.91 Å². The summed E-state index contributed by atoms with van der Waals surface area (Å²) in [4.78, 5) is 15.1. The van der Waals surface area contributed by atoms with Crippen LogP contribution in [0.1, 0.15) is 20.8 Å². The fourth-order valence-electron chi connectivity index (χ4n) is 1.74. The van der Waals surface area contributed by atoms with Crippen LogP contribution in [0.25, 0.3) is 0 Å². The van der Waals surface area contributed by atoms with E-state index in [4.69, 9.17) is 0 Å². The first-order valence-corrected chi connectivity index (χ1v) is 7.23. The second-order valence-electron chi connectivity index (χ2n) is 4.24. The van der Waals surface area contributed by atoms with Gasteiger partial charge in [-0.05, 0) is 47.1 Å². The van der Waals surface area contributed by atoms with Crippen LogP contribution >= 0.6 is 27.3 Å². The van der Waals surface area contributed by atoms with Gasteiger partial charge in [0.25, 0.3) is 5.91 Å². The van der Waals surface area contributed by atoms with Gasteiger partial charge in [-0.15, -0.1) is 11.3 Å². The van der Waals surface area contributed by atoms with Crippen molar-refractivity contribution in [3.63, 3.8) is 0 Å². The maximum atomic E-state index is 12.2. The summed E-state index contributed by atoms with van der Waals surface area (Å²) in [5, 5.41) is 0. The first kappa shape index (κ1) is 13.3. The molecule has 0 fully saturated rings. The number of benzene rings is 1. The van der Waals surface area contributed by atoms with Gasteiger partial charge >= 0.3 is 0 Å². The summed E-state index contributed by atoms with van der Waals surface area (Å²) in [6.45, 7) is 2.64. The number of halogens is 1. The Labute approximate surface area is 119 Å². The van der Waals surface area contributed by atoms with E-state index >= 15 is 0 Å². The summed E-state index contributed by atoms with van der Waals surface area (Å²) in [5.74, 6) is 0.0585. The van der Waals surface area contributed by atoms with Crippen molar-refractivity contribution in [2.75, 3.05) is 7.05 Å². The van der Waals surface area contributed by atoms with Crippen molar-refractivity contribution in [2.24, 2.45) is 0 Å². The van der Waals surface area contributed by atoms with Gasteiger partial charge in [-0.3, -0.25) is 4.79 Å². The Balaban J connectivity index is 2.09. The molecule has 1 aromatic carbocycles. The van der Waals surface area contributed by atoms with Gasteiger partial charge in [0.15, 0.2) is 0 Å². The van der Waals surface area contributed by atoms with Crippen LogP contribution in [-0.2, 0) is 6.54 Å². The molecule has 0 saturated heterocycles. The third-order valence-corrected chi connectivity index (χ3v) is 4.24. The van der Waals surface area contributed by atoms with Crippen molar-refractivity contribution in [1.82, 2.24) is 4.90 Å². The van der Waals surface area contributed by atoms with Gasteiger partial charge in [-0.1, -0.05) is 17.7 Å². The Hall–Kier alpha value is -1.13. The van der Waals surface area contributed by atoms with Crippen LogP contribution in [0.2, 0.25) is 0 Å². The number of hydrogen-bond donors (Lipinski definition) is 0. The van der Waals surface area contributed by atoms with Gasteiger partial charge in [-0.2, -0.15) is 0 Å². The van der Waals surface area contributed by atoms with Crippen LogP contribution < -0.4 is 0 Å². The molecule has 0 unspecified atom stereocenters. The molecule has 0 aliphatic heterocycles. The lowest BCUT2D eigenvalue weighted by Crippen LogP contribution is -2.25. The number of carbonyl (C=O) groups is 1. The SMILES string of the molecule is Cc1cccc(C(=O)N(C)Cc2ccc(Br)s2)c1. The molecular formula is C14H14BrNOS. The summed E-state index contributed by atoms with van der Waals surface area (Å²) < 4.78 is 1.09. The quantitative estimate of drug-likeness (QED) is 0.833. The van der Waals surface area contributed by atoms with E-state index in [1.807, 2.05) is 50.4 Å². The zero-order valence-corrected chi connectivity index (χ0v) is 12.7. The minimum atomic E-state index is 0.0585. The minimum Gasteiger partial charge on any atom is -0.337 e. The maximum Gasteiger partial charge on any atom is 0.253 e. The minimum absolute atomic E-state index is 0.0585. The molecule has 0 N–H and O–H groups in total. The van der Waals surface area contributed by atoms with Crippen molar-refractivity contribution < 1.29 is 4.79 Å². The molecule has 0 radical (unpaired) electrons. The zero-order chi connectivity index (χ0) is 13.1. The molecule has 1 heterocycles. The number of nitrogens with zero attached hydrogens (tertiary/aromatic N) is 1. The molecule has 4 heteroatoms. The van der Waals surface area contributed by atoms with Gasteiger partial charge in [-0.25, -0.2) is 0 Å². The fraction of sp³-hybridized carbons (Fsp3) is 0.214. The van der Waals surface area contributed by atoms with E-state index in [1.54, 1.807) is 16.2 Å².